The Balaban J connectivity index is 1.82. The van der Waals surface area contributed by atoms with Crippen molar-refractivity contribution < 1.29 is 9.90 Å². The molecule has 0 unspecified atom stereocenters. The highest BCUT2D eigenvalue weighted by Gasteiger charge is 2.39. The summed E-state index contributed by atoms with van der Waals surface area (Å²) in [4.78, 5) is 11.6. The van der Waals surface area contributed by atoms with Crippen molar-refractivity contribution in [2.45, 2.75) is 25.4 Å². The molecule has 0 spiro atoms. The second kappa shape index (κ2) is 5.16. The predicted molar refractivity (Wildman–Crippen MR) is 71.8 cm³/mol. The van der Waals surface area contributed by atoms with Crippen LogP contribution in [0.25, 0.3) is 0 Å². The van der Waals surface area contributed by atoms with Crippen LogP contribution in [-0.2, 0) is 0 Å². The lowest BCUT2D eigenvalue weighted by Gasteiger charge is -2.23. The van der Waals surface area contributed by atoms with Crippen molar-refractivity contribution in [3.05, 3.63) is 29.3 Å². The lowest BCUT2D eigenvalue weighted by molar-refractivity contribution is 0.0398. The molecule has 3 N–H and O–H groups in total. The number of carbonyl (C=O) groups is 1. The SMILES string of the molecule is C[C@](O)(CNC(=O)Nc1cccc(Cl)c1)C1CC1. The Morgan fingerprint density at radius 2 is 2.28 bits per heavy atom. The van der Waals surface area contributed by atoms with Gasteiger partial charge in [-0.05, 0) is 43.9 Å². The summed E-state index contributed by atoms with van der Waals surface area (Å²) in [6, 6.07) is 6.59. The zero-order valence-electron chi connectivity index (χ0n) is 10.2. The summed E-state index contributed by atoms with van der Waals surface area (Å²) in [6.45, 7) is 2.01. The van der Waals surface area contributed by atoms with E-state index in [0.29, 0.717) is 16.6 Å². The molecule has 1 aromatic carbocycles. The van der Waals surface area contributed by atoms with Crippen LogP contribution in [0.5, 0.6) is 0 Å². The van der Waals surface area contributed by atoms with Crippen molar-refractivity contribution in [2.24, 2.45) is 5.92 Å². The fourth-order valence-electron chi connectivity index (χ4n) is 1.85. The van der Waals surface area contributed by atoms with Gasteiger partial charge in [0, 0.05) is 17.3 Å². The van der Waals surface area contributed by atoms with Gasteiger partial charge in [0.05, 0.1) is 5.60 Å². The Morgan fingerprint density at radius 3 is 2.89 bits per heavy atom. The molecule has 0 bridgehead atoms. The van der Waals surface area contributed by atoms with Crippen molar-refractivity contribution in [3.63, 3.8) is 0 Å². The molecular weight excluding hydrogens is 252 g/mol. The minimum absolute atomic E-state index is 0.254. The van der Waals surface area contributed by atoms with Crippen LogP contribution in [0.4, 0.5) is 10.5 Å². The second-order valence-electron chi connectivity index (χ2n) is 4.95. The van der Waals surface area contributed by atoms with Crippen LogP contribution in [0.2, 0.25) is 5.02 Å². The standard InChI is InChI=1S/C13H17ClN2O2/c1-13(18,9-5-6-9)8-15-12(17)16-11-4-2-3-10(14)7-11/h2-4,7,9,18H,5-6,8H2,1H3,(H2,15,16,17)/t13-/m0/s1. The van der Waals surface area contributed by atoms with Crippen molar-refractivity contribution in [1.82, 2.24) is 5.32 Å². The summed E-state index contributed by atoms with van der Waals surface area (Å²) in [6.07, 6.45) is 2.06. The molecule has 1 saturated carbocycles. The molecule has 2 amide bonds. The van der Waals surface area contributed by atoms with E-state index in [1.54, 1.807) is 31.2 Å². The predicted octanol–water partition coefficient (Wildman–Crippen LogP) is 2.62. The lowest BCUT2D eigenvalue weighted by atomic mass is 10.0. The van der Waals surface area contributed by atoms with E-state index in [-0.39, 0.29) is 12.6 Å². The van der Waals surface area contributed by atoms with Gasteiger partial charge < -0.3 is 15.7 Å². The fraction of sp³-hybridized carbons (Fsp3) is 0.462. The molecule has 0 aliphatic heterocycles. The van der Waals surface area contributed by atoms with Gasteiger partial charge >= 0.3 is 6.03 Å². The molecule has 98 valence electrons. The third-order valence-corrected chi connectivity index (χ3v) is 3.38. The molecule has 1 aliphatic carbocycles. The third kappa shape index (κ3) is 3.62. The molecule has 1 atom stereocenters. The van der Waals surface area contributed by atoms with Crippen LogP contribution in [0.1, 0.15) is 19.8 Å². The Labute approximate surface area is 111 Å². The Kier molecular flexibility index (Phi) is 3.78. The van der Waals surface area contributed by atoms with Gasteiger partial charge in [0.2, 0.25) is 0 Å². The van der Waals surface area contributed by atoms with E-state index in [4.69, 9.17) is 11.6 Å². The summed E-state index contributed by atoms with van der Waals surface area (Å²) in [5.41, 5.74) is -0.183. The number of benzene rings is 1. The molecule has 5 heteroatoms. The number of urea groups is 1. The highest BCUT2D eigenvalue weighted by Crippen LogP contribution is 2.38. The first kappa shape index (κ1) is 13.2. The van der Waals surface area contributed by atoms with Crippen LogP contribution in [-0.4, -0.2) is 23.3 Å². The van der Waals surface area contributed by atoms with Crippen LogP contribution in [0, 0.1) is 5.92 Å². The maximum absolute atomic E-state index is 11.6. The van der Waals surface area contributed by atoms with Crippen LogP contribution < -0.4 is 10.6 Å². The zero-order chi connectivity index (χ0) is 13.2. The molecular formula is C13H17ClN2O2. The summed E-state index contributed by atoms with van der Waals surface area (Å²) >= 11 is 5.82. The number of anilines is 1. The van der Waals surface area contributed by atoms with E-state index in [2.05, 4.69) is 10.6 Å². The van der Waals surface area contributed by atoms with Gasteiger partial charge in [-0.15, -0.1) is 0 Å². The summed E-state index contributed by atoms with van der Waals surface area (Å²) in [5.74, 6) is 0.309. The van der Waals surface area contributed by atoms with Gasteiger partial charge in [-0.25, -0.2) is 4.79 Å². The smallest absolute Gasteiger partial charge is 0.319 e. The highest BCUT2D eigenvalue weighted by atomic mass is 35.5. The molecule has 4 nitrogen and oxygen atoms in total. The Hall–Kier alpha value is -1.26. The molecule has 0 aromatic heterocycles. The van der Waals surface area contributed by atoms with E-state index in [0.717, 1.165) is 12.8 Å². The van der Waals surface area contributed by atoms with Crippen molar-refractivity contribution >= 4 is 23.3 Å². The van der Waals surface area contributed by atoms with Gasteiger partial charge in [0.1, 0.15) is 0 Å². The number of halogens is 1. The van der Waals surface area contributed by atoms with Crippen molar-refractivity contribution in [2.75, 3.05) is 11.9 Å². The molecule has 2 rings (SSSR count). The topological polar surface area (TPSA) is 61.4 Å². The summed E-state index contributed by atoms with van der Waals surface area (Å²) in [5, 5.41) is 16.0. The number of rotatable bonds is 4. The highest BCUT2D eigenvalue weighted by molar-refractivity contribution is 6.30. The average Bonchev–Trinajstić information content (AvgIpc) is 3.10. The number of aliphatic hydroxyl groups is 1. The molecule has 0 radical (unpaired) electrons. The maximum Gasteiger partial charge on any atom is 0.319 e. The maximum atomic E-state index is 11.6. The monoisotopic (exact) mass is 268 g/mol. The molecule has 18 heavy (non-hydrogen) atoms. The van der Waals surface area contributed by atoms with Crippen molar-refractivity contribution in [3.8, 4) is 0 Å². The van der Waals surface area contributed by atoms with E-state index in [9.17, 15) is 9.90 Å². The molecule has 0 heterocycles. The van der Waals surface area contributed by atoms with Crippen LogP contribution in [0.15, 0.2) is 24.3 Å². The number of nitrogens with one attached hydrogen (secondary N) is 2. The lowest BCUT2D eigenvalue weighted by Crippen LogP contribution is -2.43. The van der Waals surface area contributed by atoms with Gasteiger partial charge in [0.15, 0.2) is 0 Å². The zero-order valence-corrected chi connectivity index (χ0v) is 11.0. The van der Waals surface area contributed by atoms with E-state index < -0.39 is 5.60 Å². The summed E-state index contributed by atoms with van der Waals surface area (Å²) in [7, 11) is 0. The number of carbonyl (C=O) groups excluding carboxylic acids is 1. The van der Waals surface area contributed by atoms with Crippen LogP contribution in [0.3, 0.4) is 0 Å². The minimum atomic E-state index is -0.814. The Morgan fingerprint density at radius 1 is 1.56 bits per heavy atom. The fourth-order valence-corrected chi connectivity index (χ4v) is 2.04. The summed E-state index contributed by atoms with van der Waals surface area (Å²) < 4.78 is 0. The second-order valence-corrected chi connectivity index (χ2v) is 5.39. The van der Waals surface area contributed by atoms with Gasteiger partial charge in [-0.3, -0.25) is 0 Å². The number of hydrogen-bond donors (Lipinski definition) is 3. The van der Waals surface area contributed by atoms with Gasteiger partial charge in [-0.1, -0.05) is 17.7 Å². The molecule has 1 fully saturated rings. The first-order valence-corrected chi connectivity index (χ1v) is 6.38. The number of hydrogen-bond acceptors (Lipinski definition) is 2. The van der Waals surface area contributed by atoms with E-state index in [1.807, 2.05) is 0 Å². The van der Waals surface area contributed by atoms with Gasteiger partial charge in [-0.2, -0.15) is 0 Å². The van der Waals surface area contributed by atoms with Crippen LogP contribution >= 0.6 is 11.6 Å². The Bertz CT molecular complexity index is 444. The quantitative estimate of drug-likeness (QED) is 0.786. The van der Waals surface area contributed by atoms with Crippen molar-refractivity contribution in [1.29, 1.82) is 0 Å². The van der Waals surface area contributed by atoms with E-state index in [1.165, 1.54) is 0 Å². The average molecular weight is 269 g/mol. The first-order valence-electron chi connectivity index (χ1n) is 6.00. The third-order valence-electron chi connectivity index (χ3n) is 3.15. The molecule has 1 aromatic rings. The molecule has 0 saturated heterocycles. The molecule has 1 aliphatic rings. The number of amides is 2. The normalized spacial score (nSPS) is 17.9. The van der Waals surface area contributed by atoms with E-state index >= 15 is 0 Å². The first-order chi connectivity index (χ1) is 8.47. The van der Waals surface area contributed by atoms with Gasteiger partial charge in [0.25, 0.3) is 0 Å². The largest absolute Gasteiger partial charge is 0.388 e. The minimum Gasteiger partial charge on any atom is -0.388 e.